The monoisotopic (exact) mass is 334 g/mol. The van der Waals surface area contributed by atoms with Crippen LogP contribution in [0.15, 0.2) is 9.72 Å². The minimum atomic E-state index is -3.83. The Balaban J connectivity index is 3.08. The fourth-order valence-electron chi connectivity index (χ4n) is 2.43. The van der Waals surface area contributed by atoms with Crippen molar-refractivity contribution in [2.24, 2.45) is 5.41 Å². The molecule has 0 radical (unpaired) electrons. The fraction of sp³-hybridized carbons (Fsp3) is 0.692. The van der Waals surface area contributed by atoms with Crippen LogP contribution in [0, 0.1) is 5.41 Å². The third kappa shape index (κ3) is 5.05. The van der Waals surface area contributed by atoms with Gasteiger partial charge >= 0.3 is 5.97 Å². The molecule has 0 unspecified atom stereocenters. The molecule has 8 heteroatoms. The molecule has 0 spiro atoms. The summed E-state index contributed by atoms with van der Waals surface area (Å²) in [6, 6.07) is 0. The first-order valence-electron chi connectivity index (χ1n) is 6.44. The summed E-state index contributed by atoms with van der Waals surface area (Å²) in [5, 5.41) is 0. The highest BCUT2D eigenvalue weighted by Gasteiger charge is 2.34. The fourth-order valence-corrected chi connectivity index (χ4v) is 4.98. The van der Waals surface area contributed by atoms with E-state index >= 15 is 0 Å². The van der Waals surface area contributed by atoms with Crippen molar-refractivity contribution < 1.29 is 17.9 Å². The first-order chi connectivity index (χ1) is 9.38. The number of esters is 1. The SMILES string of the molecule is COC(=O)c1ncsc1S(=O)(=O)NC(C)(C)CC(C)(C)C. The Bertz CT molecular complexity index is 612. The van der Waals surface area contributed by atoms with Crippen LogP contribution < -0.4 is 4.72 Å². The van der Waals surface area contributed by atoms with E-state index in [1.54, 1.807) is 0 Å². The molecular weight excluding hydrogens is 312 g/mol. The van der Waals surface area contributed by atoms with Gasteiger partial charge in [0, 0.05) is 5.54 Å². The van der Waals surface area contributed by atoms with Crippen LogP contribution in [-0.2, 0) is 14.8 Å². The molecule has 0 aliphatic rings. The van der Waals surface area contributed by atoms with E-state index in [1.807, 2.05) is 34.6 Å². The summed E-state index contributed by atoms with van der Waals surface area (Å²) in [7, 11) is -2.64. The summed E-state index contributed by atoms with van der Waals surface area (Å²) < 4.78 is 32.1. The number of aromatic nitrogens is 1. The van der Waals surface area contributed by atoms with Gasteiger partial charge in [0.25, 0.3) is 10.0 Å². The van der Waals surface area contributed by atoms with Gasteiger partial charge in [0.1, 0.15) is 0 Å². The van der Waals surface area contributed by atoms with E-state index in [2.05, 4.69) is 14.4 Å². The highest BCUT2D eigenvalue weighted by molar-refractivity contribution is 7.91. The number of carbonyl (C=O) groups excluding carboxylic acids is 1. The molecule has 1 rings (SSSR count). The summed E-state index contributed by atoms with van der Waals surface area (Å²) in [5.74, 6) is -0.759. The standard InChI is InChI=1S/C13H22N2O4S2/c1-12(2,3)7-13(4,5)15-21(17,18)11-9(10(16)19-6)14-8-20-11/h8,15H,7H2,1-6H3. The average molecular weight is 334 g/mol. The smallest absolute Gasteiger partial charge is 0.358 e. The van der Waals surface area contributed by atoms with E-state index in [9.17, 15) is 13.2 Å². The molecule has 1 aromatic rings. The molecule has 0 aromatic carbocycles. The molecule has 0 bridgehead atoms. The van der Waals surface area contributed by atoms with Crippen molar-refractivity contribution in [2.45, 2.75) is 50.8 Å². The van der Waals surface area contributed by atoms with E-state index in [0.29, 0.717) is 6.42 Å². The van der Waals surface area contributed by atoms with E-state index in [4.69, 9.17) is 0 Å². The van der Waals surface area contributed by atoms with E-state index < -0.39 is 21.5 Å². The molecule has 0 fully saturated rings. The second-order valence-corrected chi connectivity index (χ2v) is 9.44. The lowest BCUT2D eigenvalue weighted by atomic mass is 9.82. The summed E-state index contributed by atoms with van der Waals surface area (Å²) >= 11 is 0.896. The van der Waals surface area contributed by atoms with Crippen LogP contribution in [0.2, 0.25) is 0 Å². The van der Waals surface area contributed by atoms with E-state index in [0.717, 1.165) is 11.3 Å². The summed E-state index contributed by atoms with van der Waals surface area (Å²) in [4.78, 5) is 15.3. The Labute approximate surface area is 130 Å². The van der Waals surface area contributed by atoms with Gasteiger partial charge in [-0.3, -0.25) is 0 Å². The van der Waals surface area contributed by atoms with Crippen molar-refractivity contribution >= 4 is 27.3 Å². The maximum atomic E-state index is 12.5. The molecule has 120 valence electrons. The van der Waals surface area contributed by atoms with Crippen molar-refractivity contribution in [3.8, 4) is 0 Å². The van der Waals surface area contributed by atoms with Gasteiger partial charge in [-0.05, 0) is 25.7 Å². The second kappa shape index (κ2) is 6.02. The molecule has 0 saturated carbocycles. The van der Waals surface area contributed by atoms with Crippen molar-refractivity contribution in [3.05, 3.63) is 11.2 Å². The van der Waals surface area contributed by atoms with Crippen LogP contribution in [-0.4, -0.2) is 32.0 Å². The number of nitrogens with zero attached hydrogens (tertiary/aromatic N) is 1. The molecule has 0 aliphatic carbocycles. The van der Waals surface area contributed by atoms with E-state index in [-0.39, 0.29) is 15.3 Å². The zero-order chi connectivity index (χ0) is 16.5. The number of nitrogens with one attached hydrogen (secondary N) is 1. The first-order valence-corrected chi connectivity index (χ1v) is 8.80. The highest BCUT2D eigenvalue weighted by atomic mass is 32.2. The number of sulfonamides is 1. The molecule has 21 heavy (non-hydrogen) atoms. The van der Waals surface area contributed by atoms with E-state index in [1.165, 1.54) is 12.6 Å². The van der Waals surface area contributed by atoms with Crippen LogP contribution in [0.4, 0.5) is 0 Å². The molecule has 1 heterocycles. The first kappa shape index (κ1) is 18.1. The largest absolute Gasteiger partial charge is 0.464 e. The molecule has 0 amide bonds. The maximum Gasteiger partial charge on any atom is 0.358 e. The zero-order valence-electron chi connectivity index (χ0n) is 13.2. The van der Waals surface area contributed by atoms with Crippen molar-refractivity contribution in [3.63, 3.8) is 0 Å². The summed E-state index contributed by atoms with van der Waals surface area (Å²) in [5.41, 5.74) is 0.457. The Morgan fingerprint density at radius 1 is 1.33 bits per heavy atom. The molecular formula is C13H22N2O4S2. The van der Waals surface area contributed by atoms with Crippen LogP contribution >= 0.6 is 11.3 Å². The molecule has 1 aromatic heterocycles. The van der Waals surface area contributed by atoms with Crippen molar-refractivity contribution in [1.29, 1.82) is 0 Å². The van der Waals surface area contributed by atoms with Gasteiger partial charge in [-0.25, -0.2) is 22.9 Å². The lowest BCUT2D eigenvalue weighted by Gasteiger charge is -2.32. The van der Waals surface area contributed by atoms with Gasteiger partial charge in [-0.2, -0.15) is 0 Å². The van der Waals surface area contributed by atoms with Crippen molar-refractivity contribution in [2.75, 3.05) is 7.11 Å². The predicted octanol–water partition coefficient (Wildman–Crippen LogP) is 2.42. The van der Waals surface area contributed by atoms with Crippen LogP contribution in [0.1, 0.15) is 51.5 Å². The van der Waals surface area contributed by atoms with Crippen LogP contribution in [0.3, 0.4) is 0 Å². The highest BCUT2D eigenvalue weighted by Crippen LogP contribution is 2.29. The van der Waals surface area contributed by atoms with Gasteiger partial charge in [-0.1, -0.05) is 20.8 Å². The number of thiazole rings is 1. The molecule has 0 atom stereocenters. The lowest BCUT2D eigenvalue weighted by Crippen LogP contribution is -2.45. The molecule has 1 N–H and O–H groups in total. The number of methoxy groups -OCH3 is 1. The maximum absolute atomic E-state index is 12.5. The van der Waals surface area contributed by atoms with Gasteiger partial charge in [0.2, 0.25) is 0 Å². The topological polar surface area (TPSA) is 85.4 Å². The van der Waals surface area contributed by atoms with Gasteiger partial charge in [0.05, 0.1) is 12.6 Å². The number of hydrogen-bond acceptors (Lipinski definition) is 6. The Hall–Kier alpha value is -0.990. The zero-order valence-corrected chi connectivity index (χ0v) is 14.8. The third-order valence-electron chi connectivity index (χ3n) is 2.54. The van der Waals surface area contributed by atoms with Gasteiger partial charge < -0.3 is 4.74 Å². The minimum absolute atomic E-state index is 0.0368. The predicted molar refractivity (Wildman–Crippen MR) is 81.9 cm³/mol. The Kier molecular flexibility index (Phi) is 5.18. The molecule has 0 saturated heterocycles. The Morgan fingerprint density at radius 3 is 2.38 bits per heavy atom. The van der Waals surface area contributed by atoms with Crippen LogP contribution in [0.5, 0.6) is 0 Å². The normalized spacial score (nSPS) is 13.2. The third-order valence-corrected chi connectivity index (χ3v) is 5.61. The summed E-state index contributed by atoms with van der Waals surface area (Å²) in [6.07, 6.45) is 0.644. The van der Waals surface area contributed by atoms with Gasteiger partial charge in [0.15, 0.2) is 9.90 Å². The Morgan fingerprint density at radius 2 is 1.90 bits per heavy atom. The number of hydrogen-bond donors (Lipinski definition) is 1. The summed E-state index contributed by atoms with van der Waals surface area (Å²) in [6.45, 7) is 9.74. The quantitative estimate of drug-likeness (QED) is 0.836. The minimum Gasteiger partial charge on any atom is -0.464 e. The molecule has 6 nitrogen and oxygen atoms in total. The number of ether oxygens (including phenoxy) is 1. The lowest BCUT2D eigenvalue weighted by molar-refractivity contribution is 0.0590. The average Bonchev–Trinajstić information content (AvgIpc) is 2.72. The van der Waals surface area contributed by atoms with Gasteiger partial charge in [-0.15, -0.1) is 11.3 Å². The number of carbonyl (C=O) groups is 1. The van der Waals surface area contributed by atoms with Crippen molar-refractivity contribution in [1.82, 2.24) is 9.71 Å². The number of rotatable bonds is 5. The second-order valence-electron chi connectivity index (χ2n) is 6.71. The van der Waals surface area contributed by atoms with Crippen LogP contribution in [0.25, 0.3) is 0 Å². The molecule has 0 aliphatic heterocycles.